The minimum Gasteiger partial charge on any atom is -0.385 e. The summed E-state index contributed by atoms with van der Waals surface area (Å²) in [4.78, 5) is 7.17. The van der Waals surface area contributed by atoms with Crippen molar-refractivity contribution < 1.29 is 4.74 Å². The number of likely N-dealkylation sites (tertiary alicyclic amines) is 1. The van der Waals surface area contributed by atoms with Gasteiger partial charge in [0.25, 0.3) is 0 Å². The lowest BCUT2D eigenvalue weighted by molar-refractivity contribution is 0.192. The number of ether oxygens (including phenoxy) is 1. The van der Waals surface area contributed by atoms with Gasteiger partial charge in [0.15, 0.2) is 5.96 Å². The zero-order valence-electron chi connectivity index (χ0n) is 13.4. The van der Waals surface area contributed by atoms with Crippen LogP contribution in [0.1, 0.15) is 46.0 Å². The van der Waals surface area contributed by atoms with Gasteiger partial charge in [0.05, 0.1) is 0 Å². The summed E-state index contributed by atoms with van der Waals surface area (Å²) in [6, 6.07) is 0. The van der Waals surface area contributed by atoms with Crippen LogP contribution in [-0.4, -0.2) is 50.8 Å². The largest absolute Gasteiger partial charge is 0.385 e. The Labute approximate surface area is 141 Å². The fraction of sp³-hybridized carbons (Fsp3) is 0.933. The first-order chi connectivity index (χ1) is 9.27. The van der Waals surface area contributed by atoms with Crippen molar-refractivity contribution in [2.45, 2.75) is 46.0 Å². The first-order valence-electron chi connectivity index (χ1n) is 7.80. The summed E-state index contributed by atoms with van der Waals surface area (Å²) in [7, 11) is 1.76. The molecule has 0 saturated carbocycles. The number of hydrogen-bond donors (Lipinski definition) is 1. The summed E-state index contributed by atoms with van der Waals surface area (Å²) in [6.07, 6.45) is 6.08. The highest BCUT2D eigenvalue weighted by molar-refractivity contribution is 14.0. The third kappa shape index (κ3) is 8.29. The zero-order chi connectivity index (χ0) is 13.9. The van der Waals surface area contributed by atoms with E-state index in [1.165, 1.54) is 19.3 Å². The molecule has 1 saturated heterocycles. The van der Waals surface area contributed by atoms with Gasteiger partial charge < -0.3 is 15.0 Å². The molecule has 5 heteroatoms. The quantitative estimate of drug-likeness (QED) is 0.311. The molecule has 120 valence electrons. The Kier molecular flexibility index (Phi) is 12.7. The van der Waals surface area contributed by atoms with Gasteiger partial charge in [0.1, 0.15) is 0 Å². The number of aliphatic imine (C=N–C) groups is 1. The van der Waals surface area contributed by atoms with Gasteiger partial charge in [-0.05, 0) is 44.9 Å². The van der Waals surface area contributed by atoms with Gasteiger partial charge in [-0.1, -0.05) is 6.92 Å². The number of piperidine rings is 1. The molecule has 0 radical (unpaired) electrons. The van der Waals surface area contributed by atoms with Crippen LogP contribution in [0.15, 0.2) is 4.99 Å². The van der Waals surface area contributed by atoms with Crippen molar-refractivity contribution in [1.82, 2.24) is 10.2 Å². The van der Waals surface area contributed by atoms with Crippen LogP contribution < -0.4 is 5.32 Å². The van der Waals surface area contributed by atoms with Crippen molar-refractivity contribution >= 4 is 29.9 Å². The van der Waals surface area contributed by atoms with Crippen LogP contribution in [0.2, 0.25) is 0 Å². The molecular formula is C15H32IN3O. The van der Waals surface area contributed by atoms with Gasteiger partial charge in [-0.3, -0.25) is 4.99 Å². The molecule has 0 unspecified atom stereocenters. The number of unbranched alkanes of at least 4 members (excludes halogenated alkanes) is 2. The van der Waals surface area contributed by atoms with Crippen molar-refractivity contribution in [1.29, 1.82) is 0 Å². The summed E-state index contributed by atoms with van der Waals surface area (Å²) in [6.45, 7) is 9.53. The van der Waals surface area contributed by atoms with Gasteiger partial charge >= 0.3 is 0 Å². The summed E-state index contributed by atoms with van der Waals surface area (Å²) in [5.41, 5.74) is 0. The molecule has 0 aliphatic carbocycles. The van der Waals surface area contributed by atoms with Crippen molar-refractivity contribution in [3.05, 3.63) is 0 Å². The second-order valence-corrected chi connectivity index (χ2v) is 5.46. The van der Waals surface area contributed by atoms with E-state index in [1.807, 2.05) is 0 Å². The molecule has 1 aliphatic heterocycles. The number of nitrogens with one attached hydrogen (secondary N) is 1. The standard InChI is InChI=1S/C15H31N3O.HI/c1-4-16-15(17-10-6-5-7-13-19-3)18-11-8-14(2)9-12-18;/h14H,4-13H2,1-3H3,(H,16,17);1H. The molecule has 1 aliphatic rings. The third-order valence-corrected chi connectivity index (χ3v) is 3.69. The molecule has 4 nitrogen and oxygen atoms in total. The fourth-order valence-corrected chi connectivity index (χ4v) is 2.37. The number of methoxy groups -OCH3 is 1. The molecule has 0 spiro atoms. The maximum Gasteiger partial charge on any atom is 0.193 e. The van der Waals surface area contributed by atoms with E-state index in [4.69, 9.17) is 9.73 Å². The Morgan fingerprint density at radius 2 is 1.95 bits per heavy atom. The van der Waals surface area contributed by atoms with E-state index in [-0.39, 0.29) is 24.0 Å². The predicted octanol–water partition coefficient (Wildman–Crippen LogP) is 3.12. The van der Waals surface area contributed by atoms with Crippen LogP contribution in [-0.2, 0) is 4.74 Å². The first-order valence-corrected chi connectivity index (χ1v) is 7.80. The van der Waals surface area contributed by atoms with E-state index in [2.05, 4.69) is 24.1 Å². The number of nitrogens with zero attached hydrogens (tertiary/aromatic N) is 2. The highest BCUT2D eigenvalue weighted by atomic mass is 127. The fourth-order valence-electron chi connectivity index (χ4n) is 2.37. The number of rotatable bonds is 7. The lowest BCUT2D eigenvalue weighted by Crippen LogP contribution is -2.45. The Hall–Kier alpha value is -0.0400. The molecule has 0 aromatic heterocycles. The van der Waals surface area contributed by atoms with Crippen molar-refractivity contribution in [2.75, 3.05) is 39.9 Å². The molecule has 20 heavy (non-hydrogen) atoms. The van der Waals surface area contributed by atoms with Crippen LogP contribution in [0.4, 0.5) is 0 Å². The third-order valence-electron chi connectivity index (χ3n) is 3.69. The Bertz CT molecular complexity index is 254. The second-order valence-electron chi connectivity index (χ2n) is 5.46. The average molecular weight is 397 g/mol. The Balaban J connectivity index is 0.00000361. The number of guanidine groups is 1. The summed E-state index contributed by atoms with van der Waals surface area (Å²) in [5.74, 6) is 1.98. The minimum atomic E-state index is 0. The Morgan fingerprint density at radius 1 is 1.25 bits per heavy atom. The smallest absolute Gasteiger partial charge is 0.193 e. The van der Waals surface area contributed by atoms with Gasteiger partial charge in [0, 0.05) is 39.9 Å². The lowest BCUT2D eigenvalue weighted by atomic mass is 10.00. The molecule has 1 rings (SSSR count). The molecular weight excluding hydrogens is 365 g/mol. The maximum atomic E-state index is 5.06. The monoisotopic (exact) mass is 397 g/mol. The SMILES string of the molecule is CCNC(=NCCCCCOC)N1CCC(C)CC1.I. The average Bonchev–Trinajstić information content (AvgIpc) is 2.42. The maximum absolute atomic E-state index is 5.06. The minimum absolute atomic E-state index is 0. The molecule has 0 atom stereocenters. The van der Waals surface area contributed by atoms with Crippen LogP contribution in [0, 0.1) is 5.92 Å². The molecule has 0 amide bonds. The van der Waals surface area contributed by atoms with Gasteiger partial charge in [-0.25, -0.2) is 0 Å². The lowest BCUT2D eigenvalue weighted by Gasteiger charge is -2.33. The van der Waals surface area contributed by atoms with E-state index in [0.717, 1.165) is 57.5 Å². The normalized spacial score (nSPS) is 16.9. The summed E-state index contributed by atoms with van der Waals surface area (Å²) < 4.78 is 5.06. The Morgan fingerprint density at radius 3 is 2.55 bits per heavy atom. The topological polar surface area (TPSA) is 36.9 Å². The molecule has 1 N–H and O–H groups in total. The zero-order valence-corrected chi connectivity index (χ0v) is 15.7. The second kappa shape index (κ2) is 12.7. The van der Waals surface area contributed by atoms with Gasteiger partial charge in [-0.15, -0.1) is 24.0 Å². The van der Waals surface area contributed by atoms with Crippen LogP contribution in [0.5, 0.6) is 0 Å². The van der Waals surface area contributed by atoms with E-state index < -0.39 is 0 Å². The first kappa shape index (κ1) is 20.0. The number of halogens is 1. The van der Waals surface area contributed by atoms with E-state index in [0.29, 0.717) is 0 Å². The molecule has 0 aromatic rings. The highest BCUT2D eigenvalue weighted by Crippen LogP contribution is 2.15. The van der Waals surface area contributed by atoms with Gasteiger partial charge in [0.2, 0.25) is 0 Å². The molecule has 1 heterocycles. The van der Waals surface area contributed by atoms with Crippen molar-refractivity contribution in [2.24, 2.45) is 10.9 Å². The van der Waals surface area contributed by atoms with E-state index in [1.54, 1.807) is 7.11 Å². The molecule has 0 aromatic carbocycles. The van der Waals surface area contributed by atoms with Crippen molar-refractivity contribution in [3.8, 4) is 0 Å². The van der Waals surface area contributed by atoms with E-state index >= 15 is 0 Å². The van der Waals surface area contributed by atoms with Crippen molar-refractivity contribution in [3.63, 3.8) is 0 Å². The van der Waals surface area contributed by atoms with Crippen LogP contribution >= 0.6 is 24.0 Å². The van der Waals surface area contributed by atoms with Crippen LogP contribution in [0.3, 0.4) is 0 Å². The van der Waals surface area contributed by atoms with Gasteiger partial charge in [-0.2, -0.15) is 0 Å². The van der Waals surface area contributed by atoms with E-state index in [9.17, 15) is 0 Å². The molecule has 0 bridgehead atoms. The van der Waals surface area contributed by atoms with Crippen LogP contribution in [0.25, 0.3) is 0 Å². The number of hydrogen-bond acceptors (Lipinski definition) is 2. The highest BCUT2D eigenvalue weighted by Gasteiger charge is 2.18. The molecule has 1 fully saturated rings. The summed E-state index contributed by atoms with van der Waals surface area (Å²) in [5, 5.41) is 3.42. The summed E-state index contributed by atoms with van der Waals surface area (Å²) >= 11 is 0. The predicted molar refractivity (Wildman–Crippen MR) is 97.1 cm³/mol.